The summed E-state index contributed by atoms with van der Waals surface area (Å²) in [7, 11) is 0. The van der Waals surface area contributed by atoms with E-state index in [4.69, 9.17) is 16.3 Å². The topological polar surface area (TPSA) is 144 Å². The normalized spacial score (nSPS) is 11.7. The quantitative estimate of drug-likeness (QED) is 0.120. The number of hydrogen-bond donors (Lipinski definition) is 2. The molecule has 0 spiro atoms. The predicted octanol–water partition coefficient (Wildman–Crippen LogP) is 6.47. The van der Waals surface area contributed by atoms with E-state index in [9.17, 15) is 47.9 Å². The third-order valence-electron chi connectivity index (χ3n) is 6.29. The summed E-state index contributed by atoms with van der Waals surface area (Å²) in [5.74, 6) is -6.42. The Morgan fingerprint density at radius 1 is 0.975 bits per heavy atom. The third kappa shape index (κ3) is 5.34. The lowest BCUT2D eigenvalue weighted by atomic mass is 9.71. The van der Waals surface area contributed by atoms with Gasteiger partial charge >= 0.3 is 18.1 Å². The standard InChI is InChI=1S/C27H21ClF3NO8/c1-3-14-6-5-7-19(17(14)4-2)26(24(34)35,25(36)37)23(33)18-13-16(9-10-21(18)32(38)39)40-22-11-8-15(12-20(22)28)27(29,30)31/h5-13H,3-4H2,1-2H3,(H,34,35)(H,36,37). The highest BCUT2D eigenvalue weighted by molar-refractivity contribution is 6.32. The highest BCUT2D eigenvalue weighted by atomic mass is 35.5. The van der Waals surface area contributed by atoms with Crippen molar-refractivity contribution in [2.45, 2.75) is 38.3 Å². The number of aliphatic carboxylic acids is 2. The number of nitro benzene ring substituents is 1. The van der Waals surface area contributed by atoms with Crippen LogP contribution in [-0.4, -0.2) is 32.9 Å². The number of alkyl halides is 3. The van der Waals surface area contributed by atoms with E-state index in [1.54, 1.807) is 19.9 Å². The van der Waals surface area contributed by atoms with E-state index >= 15 is 0 Å². The zero-order valence-corrected chi connectivity index (χ0v) is 21.7. The Morgan fingerprint density at radius 3 is 2.12 bits per heavy atom. The van der Waals surface area contributed by atoms with Crippen molar-refractivity contribution in [2.24, 2.45) is 0 Å². The molecule has 0 fully saturated rings. The first-order valence-corrected chi connectivity index (χ1v) is 12.0. The van der Waals surface area contributed by atoms with E-state index in [1.165, 1.54) is 12.1 Å². The Hall–Kier alpha value is -4.45. The van der Waals surface area contributed by atoms with Crippen molar-refractivity contribution in [1.29, 1.82) is 0 Å². The molecule has 9 nitrogen and oxygen atoms in total. The smallest absolute Gasteiger partial charge is 0.416 e. The number of ether oxygens (including phenoxy) is 1. The molecule has 0 aromatic heterocycles. The van der Waals surface area contributed by atoms with Gasteiger partial charge in [0.15, 0.2) is 0 Å². The Bertz CT molecular complexity index is 1510. The fraction of sp³-hybridized carbons (Fsp3) is 0.222. The Balaban J connectivity index is 2.25. The maximum atomic E-state index is 13.9. The number of rotatable bonds is 10. The van der Waals surface area contributed by atoms with E-state index < -0.39 is 56.1 Å². The second-order valence-electron chi connectivity index (χ2n) is 8.52. The molecule has 40 heavy (non-hydrogen) atoms. The third-order valence-corrected chi connectivity index (χ3v) is 6.59. The number of carbonyl (C=O) groups is 3. The van der Waals surface area contributed by atoms with Gasteiger partial charge in [-0.2, -0.15) is 13.2 Å². The fourth-order valence-corrected chi connectivity index (χ4v) is 4.60. The molecule has 0 bridgehead atoms. The average molecular weight is 580 g/mol. The summed E-state index contributed by atoms with van der Waals surface area (Å²) in [5.41, 5.74) is -5.64. The minimum atomic E-state index is -4.70. The highest BCUT2D eigenvalue weighted by Crippen LogP contribution is 2.40. The molecule has 210 valence electrons. The molecule has 0 amide bonds. The number of carbonyl (C=O) groups excluding carboxylic acids is 1. The van der Waals surface area contributed by atoms with Crippen LogP contribution in [0.1, 0.15) is 46.5 Å². The minimum Gasteiger partial charge on any atom is -0.480 e. The second-order valence-corrected chi connectivity index (χ2v) is 8.93. The SMILES string of the molecule is CCc1cccc(C(C(=O)O)(C(=O)O)C(=O)c2cc(Oc3ccc(C(F)(F)F)cc3Cl)ccc2[N+](=O)[O-])c1CC. The van der Waals surface area contributed by atoms with Gasteiger partial charge in [-0.05, 0) is 59.9 Å². The van der Waals surface area contributed by atoms with E-state index in [2.05, 4.69) is 0 Å². The van der Waals surface area contributed by atoms with Gasteiger partial charge in [-0.3, -0.25) is 24.5 Å². The first-order valence-electron chi connectivity index (χ1n) is 11.7. The molecule has 0 radical (unpaired) electrons. The molecule has 0 atom stereocenters. The predicted molar refractivity (Wildman–Crippen MR) is 136 cm³/mol. The molecule has 2 N–H and O–H groups in total. The summed E-state index contributed by atoms with van der Waals surface area (Å²) < 4.78 is 44.4. The Kier molecular flexibility index (Phi) is 8.54. The van der Waals surface area contributed by atoms with E-state index in [0.717, 1.165) is 24.3 Å². The van der Waals surface area contributed by atoms with Crippen LogP contribution in [-0.2, 0) is 34.0 Å². The molecule has 0 aliphatic carbocycles. The number of halogens is 4. The number of aryl methyl sites for hydroxylation is 1. The summed E-state index contributed by atoms with van der Waals surface area (Å²) in [5, 5.41) is 31.7. The highest BCUT2D eigenvalue weighted by Gasteiger charge is 2.58. The van der Waals surface area contributed by atoms with Crippen LogP contribution in [0.25, 0.3) is 0 Å². The van der Waals surface area contributed by atoms with Crippen LogP contribution in [0.4, 0.5) is 18.9 Å². The maximum Gasteiger partial charge on any atom is 0.416 e. The molecule has 0 aliphatic rings. The van der Waals surface area contributed by atoms with Gasteiger partial charge in [0.05, 0.1) is 15.5 Å². The molecule has 0 aliphatic heterocycles. The van der Waals surface area contributed by atoms with Crippen molar-refractivity contribution in [3.05, 3.63) is 97.6 Å². The Morgan fingerprint density at radius 2 is 1.62 bits per heavy atom. The van der Waals surface area contributed by atoms with Gasteiger partial charge in [-0.25, -0.2) is 0 Å². The lowest BCUT2D eigenvalue weighted by Gasteiger charge is -2.27. The number of ketones is 1. The van der Waals surface area contributed by atoms with Gasteiger partial charge in [0.2, 0.25) is 5.78 Å². The zero-order chi connectivity index (χ0) is 30.0. The molecular weight excluding hydrogens is 559 g/mol. The van der Waals surface area contributed by atoms with Crippen molar-refractivity contribution in [3.8, 4) is 11.5 Å². The average Bonchev–Trinajstić information content (AvgIpc) is 2.88. The molecule has 3 rings (SSSR count). The first-order chi connectivity index (χ1) is 18.7. The number of nitro groups is 1. The summed E-state index contributed by atoms with van der Waals surface area (Å²) >= 11 is 5.91. The zero-order valence-electron chi connectivity index (χ0n) is 20.9. The second kappa shape index (κ2) is 11.3. The van der Waals surface area contributed by atoms with Crippen molar-refractivity contribution < 1.29 is 47.4 Å². The van der Waals surface area contributed by atoms with Gasteiger partial charge in [0, 0.05) is 6.07 Å². The van der Waals surface area contributed by atoms with Gasteiger partial charge in [-0.15, -0.1) is 0 Å². The molecule has 0 saturated carbocycles. The van der Waals surface area contributed by atoms with Crippen LogP contribution in [0.3, 0.4) is 0 Å². The summed E-state index contributed by atoms with van der Waals surface area (Å²) in [4.78, 5) is 50.0. The van der Waals surface area contributed by atoms with Crippen LogP contribution in [0.15, 0.2) is 54.6 Å². The van der Waals surface area contributed by atoms with Crippen molar-refractivity contribution in [3.63, 3.8) is 0 Å². The number of Topliss-reactive ketones (excluding diaryl/α,β-unsaturated/α-hetero) is 1. The lowest BCUT2D eigenvalue weighted by Crippen LogP contribution is -2.51. The molecule has 3 aromatic carbocycles. The van der Waals surface area contributed by atoms with Crippen LogP contribution in [0.2, 0.25) is 5.02 Å². The minimum absolute atomic E-state index is 0.159. The van der Waals surface area contributed by atoms with E-state index in [1.807, 2.05) is 0 Å². The summed E-state index contributed by atoms with van der Waals surface area (Å²) in [6.07, 6.45) is -4.15. The molecule has 0 saturated heterocycles. The maximum absolute atomic E-state index is 13.9. The molecular formula is C27H21ClF3NO8. The molecule has 13 heteroatoms. The number of carboxylic acid groups (broad SMARTS) is 2. The largest absolute Gasteiger partial charge is 0.480 e. The first kappa shape index (κ1) is 30.1. The van der Waals surface area contributed by atoms with Crippen molar-refractivity contribution >= 4 is 35.0 Å². The molecule has 0 heterocycles. The summed E-state index contributed by atoms with van der Waals surface area (Å²) in [6, 6.07) is 8.90. The molecule has 0 unspecified atom stereocenters. The van der Waals surface area contributed by atoms with Gasteiger partial charge < -0.3 is 14.9 Å². The Labute approximate surface area is 229 Å². The van der Waals surface area contributed by atoms with Crippen LogP contribution in [0, 0.1) is 10.1 Å². The van der Waals surface area contributed by atoms with E-state index in [0.29, 0.717) is 24.1 Å². The fourth-order valence-electron chi connectivity index (χ4n) is 4.38. The number of carboxylic acids is 2. The monoisotopic (exact) mass is 579 g/mol. The van der Waals surface area contributed by atoms with Crippen LogP contribution in [0.5, 0.6) is 11.5 Å². The number of hydrogen-bond acceptors (Lipinski definition) is 6. The van der Waals surface area contributed by atoms with Crippen LogP contribution >= 0.6 is 11.6 Å². The van der Waals surface area contributed by atoms with Crippen LogP contribution < -0.4 is 4.74 Å². The van der Waals surface area contributed by atoms with Gasteiger partial charge in [0.1, 0.15) is 17.1 Å². The van der Waals surface area contributed by atoms with Gasteiger partial charge in [-0.1, -0.05) is 43.6 Å². The van der Waals surface area contributed by atoms with Crippen molar-refractivity contribution in [1.82, 2.24) is 0 Å². The molecule has 3 aromatic rings. The number of nitrogens with zero attached hydrogens (tertiary/aromatic N) is 1. The van der Waals surface area contributed by atoms with E-state index in [-0.39, 0.29) is 29.0 Å². The number of benzene rings is 3. The lowest BCUT2D eigenvalue weighted by molar-refractivity contribution is -0.385. The van der Waals surface area contributed by atoms with Gasteiger partial charge in [0.25, 0.3) is 11.1 Å². The van der Waals surface area contributed by atoms with Crippen molar-refractivity contribution in [2.75, 3.05) is 0 Å². The summed E-state index contributed by atoms with van der Waals surface area (Å²) in [6.45, 7) is 3.39.